The maximum absolute atomic E-state index is 14.5. The van der Waals surface area contributed by atoms with E-state index in [0.717, 1.165) is 6.07 Å². The number of phosphoric acid groups is 1. The van der Waals surface area contributed by atoms with Gasteiger partial charge in [0.1, 0.15) is 0 Å². The first-order valence-electron chi connectivity index (χ1n) is 8.32. The van der Waals surface area contributed by atoms with Crippen LogP contribution in [0.25, 0.3) is 0 Å². The topological polar surface area (TPSA) is 44.8 Å². The zero-order valence-electron chi connectivity index (χ0n) is 16.1. The Morgan fingerprint density at radius 3 is 1.40 bits per heavy atom. The van der Waals surface area contributed by atoms with Crippen LogP contribution in [0.2, 0.25) is 0 Å². The lowest BCUT2D eigenvalue weighted by molar-refractivity contribution is -0.405. The lowest BCUT2D eigenvalue weighted by atomic mass is 9.94. The predicted octanol–water partition coefficient (Wildman–Crippen LogP) is 7.48. The van der Waals surface area contributed by atoms with Crippen LogP contribution in [0.3, 0.4) is 0 Å². The van der Waals surface area contributed by atoms with Gasteiger partial charge in [-0.3, -0.25) is 13.6 Å². The molecule has 1 atom stereocenters. The van der Waals surface area contributed by atoms with E-state index in [1.807, 2.05) is 0 Å². The Morgan fingerprint density at radius 1 is 0.657 bits per heavy atom. The van der Waals surface area contributed by atoms with E-state index in [0.29, 0.717) is 12.1 Å². The molecule has 0 aliphatic carbocycles. The number of phosphoric ester groups is 1. The molecule has 204 valence electrons. The second-order valence-corrected chi connectivity index (χ2v) is 8.01. The fourth-order valence-corrected chi connectivity index (χ4v) is 3.37. The summed E-state index contributed by atoms with van der Waals surface area (Å²) in [4.78, 5) is 0. The summed E-state index contributed by atoms with van der Waals surface area (Å²) in [7, 11) is -6.67. The van der Waals surface area contributed by atoms with Crippen LogP contribution >= 0.6 is 7.82 Å². The fraction of sp³-hybridized carbons (Fsp3) is 0.600. The highest BCUT2D eigenvalue weighted by atomic mass is 31.2. The van der Waals surface area contributed by atoms with Crippen LogP contribution < -0.4 is 0 Å². The summed E-state index contributed by atoms with van der Waals surface area (Å²) < 4.78 is 218. The summed E-state index contributed by atoms with van der Waals surface area (Å²) in [5.41, 5.74) is -1.53. The molecule has 0 amide bonds. The highest BCUT2D eigenvalue weighted by Crippen LogP contribution is 2.62. The van der Waals surface area contributed by atoms with E-state index in [4.69, 9.17) is 0 Å². The third kappa shape index (κ3) is 7.63. The fourth-order valence-electron chi connectivity index (χ4n) is 2.05. The van der Waals surface area contributed by atoms with Gasteiger partial charge in [0.05, 0.1) is 0 Å². The summed E-state index contributed by atoms with van der Waals surface area (Å²) in [5.74, 6) is -21.8. The number of alkyl halides is 15. The van der Waals surface area contributed by atoms with Crippen molar-refractivity contribution in [2.75, 3.05) is 13.2 Å². The highest BCUT2D eigenvalue weighted by Gasteiger charge is 2.83. The van der Waals surface area contributed by atoms with E-state index in [-0.39, 0.29) is 12.1 Å². The van der Waals surface area contributed by atoms with Crippen LogP contribution in [0.4, 0.5) is 65.9 Å². The van der Waals surface area contributed by atoms with Crippen molar-refractivity contribution in [2.24, 2.45) is 0 Å². The standard InChI is InChI=1S/C15H10F15O4P/c16-10(17,18)6-32-35(31,33-7-11(19,20)21)34-9(8-4-2-1-3-5-8)12(22,23)13(24,25)14(26,27)15(28,29)30/h1-5,9H,6-7H2/t9-/m1/s1. The molecule has 0 saturated carbocycles. The van der Waals surface area contributed by atoms with Gasteiger partial charge in [-0.05, 0) is 5.56 Å². The van der Waals surface area contributed by atoms with Gasteiger partial charge in [-0.2, -0.15) is 65.9 Å². The molecule has 0 unspecified atom stereocenters. The van der Waals surface area contributed by atoms with Crippen LogP contribution in [-0.2, 0) is 18.1 Å². The zero-order valence-corrected chi connectivity index (χ0v) is 17.0. The van der Waals surface area contributed by atoms with Gasteiger partial charge in [-0.15, -0.1) is 0 Å². The highest BCUT2D eigenvalue weighted by molar-refractivity contribution is 7.48. The van der Waals surface area contributed by atoms with E-state index >= 15 is 0 Å². The molecule has 0 saturated heterocycles. The van der Waals surface area contributed by atoms with Crippen molar-refractivity contribution in [2.45, 2.75) is 42.4 Å². The SMILES string of the molecule is O=P(OCC(F)(F)F)(OCC(F)(F)F)O[C@H](c1ccccc1)C(F)(F)C(F)(F)C(F)(F)C(F)(F)F. The Labute approximate surface area is 184 Å². The van der Waals surface area contributed by atoms with Gasteiger partial charge in [0.25, 0.3) is 0 Å². The number of hydrogen-bond donors (Lipinski definition) is 0. The molecule has 20 heteroatoms. The zero-order chi connectivity index (χ0) is 27.7. The smallest absolute Gasteiger partial charge is 0.277 e. The maximum atomic E-state index is 14.5. The Bertz CT molecular complexity index is 857. The van der Waals surface area contributed by atoms with E-state index < -0.39 is 69.0 Å². The molecule has 1 aromatic carbocycles. The average molecular weight is 570 g/mol. The molecule has 1 aromatic rings. The van der Waals surface area contributed by atoms with Gasteiger partial charge in [0.15, 0.2) is 19.3 Å². The molecule has 0 bridgehead atoms. The minimum Gasteiger partial charge on any atom is -0.277 e. The number of halogens is 15. The Kier molecular flexibility index (Phi) is 8.92. The summed E-state index contributed by atoms with van der Waals surface area (Å²) in [6.07, 6.45) is -22.8. The van der Waals surface area contributed by atoms with Gasteiger partial charge < -0.3 is 0 Å². The largest absolute Gasteiger partial charge is 0.476 e. The van der Waals surface area contributed by atoms with Crippen LogP contribution in [0, 0.1) is 0 Å². The molecule has 4 nitrogen and oxygen atoms in total. The molecule has 1 rings (SSSR count). The molecule has 0 N–H and O–H groups in total. The first-order valence-corrected chi connectivity index (χ1v) is 9.78. The van der Waals surface area contributed by atoms with Gasteiger partial charge in [-0.1, -0.05) is 30.3 Å². The van der Waals surface area contributed by atoms with Crippen LogP contribution in [0.1, 0.15) is 11.7 Å². The Hall–Kier alpha value is -1.72. The normalized spacial score (nSPS) is 15.9. The van der Waals surface area contributed by atoms with Crippen LogP contribution in [-0.4, -0.2) is 49.5 Å². The second-order valence-electron chi connectivity index (χ2n) is 6.39. The third-order valence-corrected chi connectivity index (χ3v) is 4.97. The van der Waals surface area contributed by atoms with Crippen LogP contribution in [0.15, 0.2) is 30.3 Å². The number of rotatable bonds is 10. The molecule has 0 heterocycles. The Morgan fingerprint density at radius 2 is 1.06 bits per heavy atom. The number of hydrogen-bond acceptors (Lipinski definition) is 4. The lowest BCUT2D eigenvalue weighted by Crippen LogP contribution is -2.62. The quantitative estimate of drug-likeness (QED) is 0.216. The molecule has 0 spiro atoms. The van der Waals surface area contributed by atoms with Crippen molar-refractivity contribution in [1.82, 2.24) is 0 Å². The lowest BCUT2D eigenvalue weighted by Gasteiger charge is -2.38. The predicted molar refractivity (Wildman–Crippen MR) is 82.8 cm³/mol. The first-order chi connectivity index (χ1) is 15.4. The third-order valence-electron chi connectivity index (χ3n) is 3.61. The monoisotopic (exact) mass is 570 g/mol. The van der Waals surface area contributed by atoms with Crippen molar-refractivity contribution in [3.05, 3.63) is 35.9 Å². The molecule has 35 heavy (non-hydrogen) atoms. The van der Waals surface area contributed by atoms with Crippen molar-refractivity contribution in [3.8, 4) is 0 Å². The summed E-state index contributed by atoms with van der Waals surface area (Å²) in [6.45, 7) is -5.71. The molecular weight excluding hydrogens is 560 g/mol. The van der Waals surface area contributed by atoms with Crippen molar-refractivity contribution in [1.29, 1.82) is 0 Å². The molecule has 0 aliphatic heterocycles. The van der Waals surface area contributed by atoms with Crippen molar-refractivity contribution in [3.63, 3.8) is 0 Å². The molecule has 0 radical (unpaired) electrons. The first kappa shape index (κ1) is 31.3. The number of benzene rings is 1. The molecule has 0 aromatic heterocycles. The summed E-state index contributed by atoms with van der Waals surface area (Å²) in [5, 5.41) is 0. The van der Waals surface area contributed by atoms with E-state index in [2.05, 4.69) is 13.6 Å². The minimum atomic E-state index is -7.52. The molecular formula is C15H10F15O4P. The van der Waals surface area contributed by atoms with Gasteiger partial charge in [0.2, 0.25) is 0 Å². The Balaban J connectivity index is 3.64. The van der Waals surface area contributed by atoms with Gasteiger partial charge >= 0.3 is 44.1 Å². The molecule has 0 fully saturated rings. The second kappa shape index (κ2) is 9.97. The van der Waals surface area contributed by atoms with Crippen LogP contribution in [0.5, 0.6) is 0 Å². The van der Waals surface area contributed by atoms with E-state index in [1.165, 1.54) is 0 Å². The van der Waals surface area contributed by atoms with Crippen molar-refractivity contribution < 1.29 is 84.0 Å². The maximum Gasteiger partial charge on any atom is 0.476 e. The summed E-state index contributed by atoms with van der Waals surface area (Å²) >= 11 is 0. The van der Waals surface area contributed by atoms with Crippen molar-refractivity contribution >= 4 is 7.82 Å². The molecule has 0 aliphatic rings. The van der Waals surface area contributed by atoms with E-state index in [1.54, 1.807) is 0 Å². The van der Waals surface area contributed by atoms with E-state index in [9.17, 15) is 70.4 Å². The summed E-state index contributed by atoms with van der Waals surface area (Å²) in [6, 6.07) is 2.76. The van der Waals surface area contributed by atoms with Gasteiger partial charge in [-0.25, -0.2) is 4.57 Å². The average Bonchev–Trinajstić information content (AvgIpc) is 2.67. The minimum absolute atomic E-state index is 0.262. The van der Waals surface area contributed by atoms with Gasteiger partial charge in [0, 0.05) is 0 Å².